The van der Waals surface area contributed by atoms with Gasteiger partial charge >= 0.3 is 0 Å². The Hall–Kier alpha value is -2.74. The molecule has 0 saturated carbocycles. The van der Waals surface area contributed by atoms with Gasteiger partial charge in [0.15, 0.2) is 5.43 Å². The number of amides is 1. The number of aryl methyl sites for hydroxylation is 1. The third-order valence-electron chi connectivity index (χ3n) is 6.39. The fourth-order valence-electron chi connectivity index (χ4n) is 4.68. The number of hydrogen-bond donors (Lipinski definition) is 0. The van der Waals surface area contributed by atoms with E-state index in [9.17, 15) is 14.0 Å². The van der Waals surface area contributed by atoms with E-state index >= 15 is 0 Å². The highest BCUT2D eigenvalue weighted by molar-refractivity contribution is 6.32. The molecule has 0 bridgehead atoms. The molecule has 1 unspecified atom stereocenters. The molecule has 2 aliphatic rings. The standard InChI is InChI=1S/C25H24ClFN2O4/c1-15-12-20-18(14-19(15)26)23(30)21-22(16-4-2-5-17(27)13-16)29(25(31)24(21)33-20)7-3-6-28-8-10-32-11-9-28/h2,4-5,12-14,22H,3,6-11H2,1H3. The number of benzene rings is 2. The van der Waals surface area contributed by atoms with Crippen LogP contribution in [0.15, 0.2) is 45.6 Å². The van der Waals surface area contributed by atoms with Gasteiger partial charge in [-0.15, -0.1) is 0 Å². The van der Waals surface area contributed by atoms with Gasteiger partial charge in [0.25, 0.3) is 5.91 Å². The Labute approximate surface area is 195 Å². The SMILES string of the molecule is Cc1cc2oc3c(c(=O)c2cc1Cl)C(c1cccc(F)c1)N(CCCN1CCOCC1)C3=O. The van der Waals surface area contributed by atoms with Gasteiger partial charge in [0, 0.05) is 31.2 Å². The Bertz CT molecular complexity index is 1290. The maximum absolute atomic E-state index is 14.1. The predicted molar refractivity (Wildman–Crippen MR) is 123 cm³/mol. The zero-order valence-corrected chi connectivity index (χ0v) is 19.0. The Kier molecular flexibility index (Phi) is 5.95. The molecule has 5 rings (SSSR count). The molecule has 2 aromatic carbocycles. The highest BCUT2D eigenvalue weighted by Gasteiger charge is 2.42. The van der Waals surface area contributed by atoms with Crippen molar-refractivity contribution < 1.29 is 18.3 Å². The van der Waals surface area contributed by atoms with Crippen LogP contribution in [0, 0.1) is 12.7 Å². The molecule has 172 valence electrons. The number of carbonyl (C=O) groups excluding carboxylic acids is 1. The molecule has 2 aliphatic heterocycles. The molecule has 1 atom stereocenters. The first-order valence-electron chi connectivity index (χ1n) is 11.1. The van der Waals surface area contributed by atoms with Gasteiger partial charge in [0.2, 0.25) is 5.76 Å². The zero-order chi connectivity index (χ0) is 23.1. The number of halogens is 2. The first-order valence-corrected chi connectivity index (χ1v) is 11.4. The fraction of sp³-hybridized carbons (Fsp3) is 0.360. The molecule has 0 N–H and O–H groups in total. The van der Waals surface area contributed by atoms with Crippen LogP contribution in [0.1, 0.15) is 39.7 Å². The summed E-state index contributed by atoms with van der Waals surface area (Å²) < 4.78 is 25.5. The van der Waals surface area contributed by atoms with Crippen LogP contribution in [0.5, 0.6) is 0 Å². The third kappa shape index (κ3) is 4.05. The van der Waals surface area contributed by atoms with Gasteiger partial charge in [0.1, 0.15) is 11.4 Å². The summed E-state index contributed by atoms with van der Waals surface area (Å²) in [6.07, 6.45) is 0.712. The van der Waals surface area contributed by atoms with Crippen molar-refractivity contribution in [1.29, 1.82) is 0 Å². The number of fused-ring (bicyclic) bond motifs is 2. The molecule has 0 radical (unpaired) electrons. The van der Waals surface area contributed by atoms with Gasteiger partial charge in [-0.3, -0.25) is 14.5 Å². The summed E-state index contributed by atoms with van der Waals surface area (Å²) in [6, 6.07) is 8.56. The van der Waals surface area contributed by atoms with E-state index in [1.54, 1.807) is 29.2 Å². The summed E-state index contributed by atoms with van der Waals surface area (Å²) in [5.41, 5.74) is 1.54. The van der Waals surface area contributed by atoms with Gasteiger partial charge in [0.05, 0.1) is 30.2 Å². The number of ether oxygens (including phenoxy) is 1. The molecule has 33 heavy (non-hydrogen) atoms. The van der Waals surface area contributed by atoms with Crippen molar-refractivity contribution in [2.75, 3.05) is 39.4 Å². The maximum atomic E-state index is 14.1. The molecular formula is C25H24ClFN2O4. The molecular weight excluding hydrogens is 447 g/mol. The second-order valence-corrected chi connectivity index (χ2v) is 8.94. The smallest absolute Gasteiger partial charge is 0.290 e. The van der Waals surface area contributed by atoms with E-state index in [4.69, 9.17) is 20.8 Å². The van der Waals surface area contributed by atoms with Crippen molar-refractivity contribution in [3.05, 3.63) is 79.9 Å². The highest BCUT2D eigenvalue weighted by Crippen LogP contribution is 2.39. The predicted octanol–water partition coefficient (Wildman–Crippen LogP) is 4.16. The summed E-state index contributed by atoms with van der Waals surface area (Å²) in [4.78, 5) is 30.9. The van der Waals surface area contributed by atoms with Crippen LogP contribution < -0.4 is 5.43 Å². The molecule has 3 aromatic rings. The Morgan fingerprint density at radius 2 is 1.91 bits per heavy atom. The van der Waals surface area contributed by atoms with Crippen molar-refractivity contribution in [1.82, 2.24) is 9.80 Å². The molecule has 1 saturated heterocycles. The van der Waals surface area contributed by atoms with Crippen molar-refractivity contribution >= 4 is 28.5 Å². The van der Waals surface area contributed by atoms with E-state index in [2.05, 4.69) is 4.90 Å². The topological polar surface area (TPSA) is 63.0 Å². The Morgan fingerprint density at radius 3 is 2.67 bits per heavy atom. The van der Waals surface area contributed by atoms with E-state index in [1.807, 2.05) is 6.92 Å². The van der Waals surface area contributed by atoms with Crippen LogP contribution in [0.2, 0.25) is 5.02 Å². The Balaban J connectivity index is 1.56. The summed E-state index contributed by atoms with van der Waals surface area (Å²) in [7, 11) is 0. The van der Waals surface area contributed by atoms with E-state index in [-0.39, 0.29) is 22.7 Å². The Morgan fingerprint density at radius 1 is 1.12 bits per heavy atom. The first kappa shape index (κ1) is 22.1. The summed E-state index contributed by atoms with van der Waals surface area (Å²) in [5.74, 6) is -0.756. The van der Waals surface area contributed by atoms with Crippen LogP contribution in [-0.4, -0.2) is 55.1 Å². The van der Waals surface area contributed by atoms with Crippen molar-refractivity contribution in [3.63, 3.8) is 0 Å². The number of carbonyl (C=O) groups is 1. The molecule has 1 fully saturated rings. The average molecular weight is 471 g/mol. The zero-order valence-electron chi connectivity index (χ0n) is 18.3. The number of hydrogen-bond acceptors (Lipinski definition) is 5. The van der Waals surface area contributed by atoms with Gasteiger partial charge in [-0.2, -0.15) is 0 Å². The monoisotopic (exact) mass is 470 g/mol. The quantitative estimate of drug-likeness (QED) is 0.560. The molecule has 8 heteroatoms. The van der Waals surface area contributed by atoms with Crippen LogP contribution in [0.25, 0.3) is 11.0 Å². The number of rotatable bonds is 5. The lowest BCUT2D eigenvalue weighted by molar-refractivity contribution is 0.0353. The number of morpholine rings is 1. The molecule has 1 aromatic heterocycles. The second kappa shape index (κ2) is 8.89. The molecule has 3 heterocycles. The normalized spacial score (nSPS) is 18.8. The minimum atomic E-state index is -0.714. The van der Waals surface area contributed by atoms with Crippen LogP contribution in [0.4, 0.5) is 4.39 Å². The first-order chi connectivity index (χ1) is 15.9. The largest absolute Gasteiger partial charge is 0.450 e. The van der Waals surface area contributed by atoms with Crippen LogP contribution in [-0.2, 0) is 4.74 Å². The van der Waals surface area contributed by atoms with E-state index in [0.29, 0.717) is 47.7 Å². The summed E-state index contributed by atoms with van der Waals surface area (Å²) in [6.45, 7) is 6.14. The summed E-state index contributed by atoms with van der Waals surface area (Å²) in [5, 5.41) is 0.762. The van der Waals surface area contributed by atoms with Gasteiger partial charge in [-0.1, -0.05) is 23.7 Å². The second-order valence-electron chi connectivity index (χ2n) is 8.54. The summed E-state index contributed by atoms with van der Waals surface area (Å²) >= 11 is 6.26. The molecule has 6 nitrogen and oxygen atoms in total. The molecule has 1 amide bonds. The van der Waals surface area contributed by atoms with Crippen molar-refractivity contribution in [2.24, 2.45) is 0 Å². The van der Waals surface area contributed by atoms with Gasteiger partial charge in [-0.05, 0) is 48.7 Å². The average Bonchev–Trinajstić information content (AvgIpc) is 3.08. The van der Waals surface area contributed by atoms with Crippen LogP contribution in [0.3, 0.4) is 0 Å². The fourth-order valence-corrected chi connectivity index (χ4v) is 4.85. The van der Waals surface area contributed by atoms with Crippen LogP contribution >= 0.6 is 11.6 Å². The van der Waals surface area contributed by atoms with E-state index in [0.717, 1.165) is 25.2 Å². The van der Waals surface area contributed by atoms with E-state index < -0.39 is 11.9 Å². The minimum absolute atomic E-state index is 0.0230. The minimum Gasteiger partial charge on any atom is -0.450 e. The lowest BCUT2D eigenvalue weighted by Gasteiger charge is -2.29. The van der Waals surface area contributed by atoms with Gasteiger partial charge < -0.3 is 14.1 Å². The molecule has 0 spiro atoms. The lowest BCUT2D eigenvalue weighted by atomic mass is 9.98. The third-order valence-corrected chi connectivity index (χ3v) is 6.80. The van der Waals surface area contributed by atoms with E-state index in [1.165, 1.54) is 12.1 Å². The van der Waals surface area contributed by atoms with Crippen molar-refractivity contribution in [2.45, 2.75) is 19.4 Å². The number of nitrogens with zero attached hydrogens (tertiary/aromatic N) is 2. The lowest BCUT2D eigenvalue weighted by Crippen LogP contribution is -2.38. The van der Waals surface area contributed by atoms with Gasteiger partial charge in [-0.25, -0.2) is 4.39 Å². The van der Waals surface area contributed by atoms with Crippen molar-refractivity contribution in [3.8, 4) is 0 Å². The molecule has 0 aliphatic carbocycles. The highest BCUT2D eigenvalue weighted by atomic mass is 35.5. The maximum Gasteiger partial charge on any atom is 0.290 e.